The van der Waals surface area contributed by atoms with Gasteiger partial charge in [0.15, 0.2) is 0 Å². The molecule has 0 aliphatic carbocycles. The van der Waals surface area contributed by atoms with Crippen LogP contribution in [0.15, 0.2) is 18.3 Å². The molecular weight excluding hydrogens is 186 g/mol. The average molecular weight is 207 g/mol. The second-order valence-corrected chi connectivity index (χ2v) is 3.91. The quantitative estimate of drug-likeness (QED) is 0.725. The monoisotopic (exact) mass is 207 g/mol. The third-order valence-electron chi connectivity index (χ3n) is 2.54. The molecule has 0 aromatic carbocycles. The number of nitrogens with zero attached hydrogens (tertiary/aromatic N) is 2. The van der Waals surface area contributed by atoms with E-state index in [0.717, 1.165) is 25.3 Å². The second-order valence-electron chi connectivity index (χ2n) is 3.91. The molecule has 1 rings (SSSR count). The van der Waals surface area contributed by atoms with Crippen molar-refractivity contribution < 1.29 is 0 Å². The van der Waals surface area contributed by atoms with E-state index < -0.39 is 0 Å². The fourth-order valence-corrected chi connectivity index (χ4v) is 1.65. The first-order valence-electron chi connectivity index (χ1n) is 5.58. The number of aryl methyl sites for hydroxylation is 1. The fourth-order valence-electron chi connectivity index (χ4n) is 1.65. The Morgan fingerprint density at radius 2 is 2.13 bits per heavy atom. The van der Waals surface area contributed by atoms with Crippen molar-refractivity contribution in [3.05, 3.63) is 23.9 Å². The van der Waals surface area contributed by atoms with Gasteiger partial charge in [0, 0.05) is 19.8 Å². The number of hydrogen-bond donors (Lipinski definition) is 1. The Morgan fingerprint density at radius 1 is 1.33 bits per heavy atom. The van der Waals surface area contributed by atoms with Crippen molar-refractivity contribution in [1.82, 2.24) is 4.98 Å². The van der Waals surface area contributed by atoms with Gasteiger partial charge in [-0.2, -0.15) is 0 Å². The van der Waals surface area contributed by atoms with Gasteiger partial charge in [-0.15, -0.1) is 0 Å². The van der Waals surface area contributed by atoms with Crippen LogP contribution in [0.3, 0.4) is 0 Å². The summed E-state index contributed by atoms with van der Waals surface area (Å²) in [4.78, 5) is 6.59. The van der Waals surface area contributed by atoms with E-state index in [4.69, 9.17) is 5.73 Å². The largest absolute Gasteiger partial charge is 0.359 e. The lowest BCUT2D eigenvalue weighted by atomic mass is 10.2. The van der Waals surface area contributed by atoms with Crippen molar-refractivity contribution in [1.29, 1.82) is 0 Å². The smallest absolute Gasteiger partial charge is 0.131 e. The Kier molecular flexibility index (Phi) is 5.12. The van der Waals surface area contributed by atoms with E-state index in [1.54, 1.807) is 0 Å². The highest BCUT2D eigenvalue weighted by Crippen LogP contribution is 2.14. The Bertz CT molecular complexity index is 286. The van der Waals surface area contributed by atoms with Gasteiger partial charge in [0.05, 0.1) is 0 Å². The van der Waals surface area contributed by atoms with Gasteiger partial charge in [-0.05, 0) is 37.9 Å². The summed E-state index contributed by atoms with van der Waals surface area (Å²) in [5, 5.41) is 0. The van der Waals surface area contributed by atoms with Crippen LogP contribution >= 0.6 is 0 Å². The molecule has 0 fully saturated rings. The standard InChI is InChI=1S/C12H21N3/c1-11-7-6-9-14-12(11)15(2)10-5-3-4-8-13/h6-7,9H,3-5,8,10,13H2,1-2H3. The number of pyridine rings is 1. The molecule has 0 aliphatic heterocycles. The molecule has 0 aliphatic rings. The van der Waals surface area contributed by atoms with Crippen LogP contribution in [0.1, 0.15) is 24.8 Å². The Labute approximate surface area is 92.3 Å². The van der Waals surface area contributed by atoms with Gasteiger partial charge in [-0.25, -0.2) is 4.98 Å². The number of nitrogens with two attached hydrogens (primary N) is 1. The minimum absolute atomic E-state index is 0.798. The molecule has 3 nitrogen and oxygen atoms in total. The zero-order valence-electron chi connectivity index (χ0n) is 9.74. The second kappa shape index (κ2) is 6.40. The highest BCUT2D eigenvalue weighted by atomic mass is 15.2. The van der Waals surface area contributed by atoms with E-state index in [-0.39, 0.29) is 0 Å². The van der Waals surface area contributed by atoms with Crippen LogP contribution < -0.4 is 10.6 Å². The van der Waals surface area contributed by atoms with Crippen molar-refractivity contribution in [3.63, 3.8) is 0 Å². The van der Waals surface area contributed by atoms with Gasteiger partial charge in [-0.3, -0.25) is 0 Å². The van der Waals surface area contributed by atoms with Gasteiger partial charge in [0.2, 0.25) is 0 Å². The molecule has 1 heterocycles. The topological polar surface area (TPSA) is 42.2 Å². The maximum atomic E-state index is 5.45. The highest BCUT2D eigenvalue weighted by molar-refractivity contribution is 5.44. The van der Waals surface area contributed by atoms with Crippen molar-refractivity contribution >= 4 is 5.82 Å². The summed E-state index contributed by atoms with van der Waals surface area (Å²) in [5.74, 6) is 1.09. The lowest BCUT2D eigenvalue weighted by molar-refractivity contribution is 0.675. The molecule has 15 heavy (non-hydrogen) atoms. The molecule has 0 bridgehead atoms. The maximum Gasteiger partial charge on any atom is 0.131 e. The van der Waals surface area contributed by atoms with Crippen LogP contribution in [0, 0.1) is 6.92 Å². The Balaban J connectivity index is 2.40. The van der Waals surface area contributed by atoms with Crippen LogP contribution in [-0.4, -0.2) is 25.1 Å². The molecule has 0 amide bonds. The lowest BCUT2D eigenvalue weighted by Crippen LogP contribution is -2.20. The van der Waals surface area contributed by atoms with Crippen LogP contribution in [0.5, 0.6) is 0 Å². The number of rotatable bonds is 6. The molecule has 0 saturated heterocycles. The van der Waals surface area contributed by atoms with Crippen molar-refractivity contribution in [2.75, 3.05) is 25.0 Å². The van der Waals surface area contributed by atoms with Crippen molar-refractivity contribution in [3.8, 4) is 0 Å². The van der Waals surface area contributed by atoms with Crippen LogP contribution in [0.2, 0.25) is 0 Å². The summed E-state index contributed by atoms with van der Waals surface area (Å²) in [7, 11) is 2.10. The SMILES string of the molecule is Cc1cccnc1N(C)CCCCCN. The third-order valence-corrected chi connectivity index (χ3v) is 2.54. The van der Waals surface area contributed by atoms with Crippen molar-refractivity contribution in [2.24, 2.45) is 5.73 Å². The zero-order valence-corrected chi connectivity index (χ0v) is 9.74. The maximum absolute atomic E-state index is 5.45. The summed E-state index contributed by atoms with van der Waals surface area (Å²) in [6, 6.07) is 4.07. The number of anilines is 1. The Hall–Kier alpha value is -1.09. The fraction of sp³-hybridized carbons (Fsp3) is 0.583. The summed E-state index contributed by atoms with van der Waals surface area (Å²) in [6.45, 7) is 3.95. The summed E-state index contributed by atoms with van der Waals surface area (Å²) < 4.78 is 0. The summed E-state index contributed by atoms with van der Waals surface area (Å²) >= 11 is 0. The van der Waals surface area contributed by atoms with Crippen molar-refractivity contribution in [2.45, 2.75) is 26.2 Å². The molecule has 84 valence electrons. The minimum Gasteiger partial charge on any atom is -0.359 e. The molecule has 0 spiro atoms. The van der Waals surface area contributed by atoms with E-state index in [2.05, 4.69) is 29.9 Å². The summed E-state index contributed by atoms with van der Waals surface area (Å²) in [6.07, 6.45) is 5.35. The zero-order chi connectivity index (χ0) is 11.1. The molecule has 0 unspecified atom stereocenters. The molecule has 0 saturated carbocycles. The number of aromatic nitrogens is 1. The molecule has 1 aromatic heterocycles. The van der Waals surface area contributed by atoms with E-state index in [1.165, 1.54) is 18.4 Å². The van der Waals surface area contributed by atoms with E-state index in [1.807, 2.05) is 12.3 Å². The normalized spacial score (nSPS) is 10.3. The molecule has 1 aromatic rings. The molecule has 3 heteroatoms. The average Bonchev–Trinajstić information content (AvgIpc) is 2.25. The molecule has 0 atom stereocenters. The van der Waals surface area contributed by atoms with E-state index in [0.29, 0.717) is 0 Å². The first kappa shape index (κ1) is 12.0. The van der Waals surface area contributed by atoms with Gasteiger partial charge in [-0.1, -0.05) is 12.5 Å². The first-order valence-corrected chi connectivity index (χ1v) is 5.58. The van der Waals surface area contributed by atoms with E-state index in [9.17, 15) is 0 Å². The predicted molar refractivity (Wildman–Crippen MR) is 65.1 cm³/mol. The van der Waals surface area contributed by atoms with E-state index >= 15 is 0 Å². The molecule has 0 radical (unpaired) electrons. The number of unbranched alkanes of at least 4 members (excludes halogenated alkanes) is 2. The van der Waals surface area contributed by atoms with Gasteiger partial charge < -0.3 is 10.6 Å². The van der Waals surface area contributed by atoms with Crippen LogP contribution in [0.4, 0.5) is 5.82 Å². The number of hydrogen-bond acceptors (Lipinski definition) is 3. The minimum atomic E-state index is 0.798. The van der Waals surface area contributed by atoms with Gasteiger partial charge in [0.25, 0.3) is 0 Å². The lowest BCUT2D eigenvalue weighted by Gasteiger charge is -2.19. The van der Waals surface area contributed by atoms with Gasteiger partial charge in [0.1, 0.15) is 5.82 Å². The predicted octanol–water partition coefficient (Wildman–Crippen LogP) is 1.96. The summed E-state index contributed by atoms with van der Waals surface area (Å²) in [5.41, 5.74) is 6.69. The molecule has 2 N–H and O–H groups in total. The molecular formula is C12H21N3. The van der Waals surface area contributed by atoms with Crippen LogP contribution in [0.25, 0.3) is 0 Å². The first-order chi connectivity index (χ1) is 7.25. The highest BCUT2D eigenvalue weighted by Gasteiger charge is 2.03. The van der Waals surface area contributed by atoms with Crippen LogP contribution in [-0.2, 0) is 0 Å². The third kappa shape index (κ3) is 3.88. The van der Waals surface area contributed by atoms with Gasteiger partial charge >= 0.3 is 0 Å². The Morgan fingerprint density at radius 3 is 2.80 bits per heavy atom.